The highest BCUT2D eigenvalue weighted by Gasteiger charge is 2.39. The van der Waals surface area contributed by atoms with Gasteiger partial charge >= 0.3 is 6.18 Å². The molecular formula is C11H9F4N5. The molecule has 0 unspecified atom stereocenters. The third-order valence-electron chi connectivity index (χ3n) is 3.08. The maximum absolute atomic E-state index is 13.1. The summed E-state index contributed by atoms with van der Waals surface area (Å²) in [5.74, 6) is -1.42. The number of aromatic nitrogens is 4. The fraction of sp³-hybridized carbons (Fsp3) is 0.364. The minimum Gasteiger partial charge on any atom is -0.362 e. The highest BCUT2D eigenvalue weighted by Crippen LogP contribution is 2.30. The summed E-state index contributed by atoms with van der Waals surface area (Å²) < 4.78 is 52.2. The third kappa shape index (κ3) is 2.19. The highest BCUT2D eigenvalue weighted by molar-refractivity contribution is 5.45. The van der Waals surface area contributed by atoms with Gasteiger partial charge in [-0.3, -0.25) is 0 Å². The molecular weight excluding hydrogens is 278 g/mol. The normalized spacial score (nSPS) is 15.3. The second kappa shape index (κ2) is 4.43. The first-order valence-corrected chi connectivity index (χ1v) is 5.81. The van der Waals surface area contributed by atoms with Crippen LogP contribution in [-0.4, -0.2) is 26.3 Å². The second-order valence-electron chi connectivity index (χ2n) is 4.35. The van der Waals surface area contributed by atoms with Crippen molar-refractivity contribution in [2.24, 2.45) is 0 Å². The lowest BCUT2D eigenvalue weighted by atomic mass is 10.3. The lowest BCUT2D eigenvalue weighted by Crippen LogP contribution is -2.35. The van der Waals surface area contributed by atoms with Gasteiger partial charge in [0.2, 0.25) is 11.8 Å². The fourth-order valence-electron chi connectivity index (χ4n) is 2.18. The molecule has 106 valence electrons. The van der Waals surface area contributed by atoms with Crippen LogP contribution in [-0.2, 0) is 19.3 Å². The Morgan fingerprint density at radius 2 is 1.95 bits per heavy atom. The van der Waals surface area contributed by atoms with Gasteiger partial charge in [-0.25, -0.2) is 4.98 Å². The topological polar surface area (TPSA) is 46.8 Å². The first kappa shape index (κ1) is 12.8. The summed E-state index contributed by atoms with van der Waals surface area (Å²) in [5.41, 5.74) is 0.556. The van der Waals surface area contributed by atoms with Crippen LogP contribution in [0.2, 0.25) is 0 Å². The van der Waals surface area contributed by atoms with Crippen molar-refractivity contribution in [2.45, 2.75) is 19.3 Å². The molecule has 0 N–H and O–H groups in total. The van der Waals surface area contributed by atoms with Crippen molar-refractivity contribution in [3.8, 4) is 0 Å². The van der Waals surface area contributed by atoms with Crippen molar-refractivity contribution in [2.75, 3.05) is 11.4 Å². The van der Waals surface area contributed by atoms with E-state index in [0.29, 0.717) is 12.2 Å². The van der Waals surface area contributed by atoms with E-state index in [0.717, 1.165) is 4.57 Å². The van der Waals surface area contributed by atoms with Crippen molar-refractivity contribution in [3.63, 3.8) is 0 Å². The number of halogens is 4. The van der Waals surface area contributed by atoms with E-state index < -0.39 is 17.9 Å². The van der Waals surface area contributed by atoms with Gasteiger partial charge in [0, 0.05) is 31.0 Å². The van der Waals surface area contributed by atoms with E-state index in [9.17, 15) is 17.6 Å². The first-order valence-electron chi connectivity index (χ1n) is 5.81. The molecule has 3 heterocycles. The zero-order valence-electron chi connectivity index (χ0n) is 10.1. The molecule has 0 amide bonds. The predicted molar refractivity (Wildman–Crippen MR) is 60.3 cm³/mol. The summed E-state index contributed by atoms with van der Waals surface area (Å²) in [6.07, 6.45) is -3.21. The zero-order chi connectivity index (χ0) is 14.3. The number of nitrogens with zero attached hydrogens (tertiary/aromatic N) is 5. The molecule has 2 aromatic heterocycles. The maximum Gasteiger partial charge on any atom is 0.451 e. The number of hydrogen-bond acceptors (Lipinski definition) is 4. The van der Waals surface area contributed by atoms with Crippen LogP contribution >= 0.6 is 0 Å². The van der Waals surface area contributed by atoms with Crippen LogP contribution in [0.15, 0.2) is 18.3 Å². The van der Waals surface area contributed by atoms with Crippen LogP contribution in [0.5, 0.6) is 0 Å². The molecule has 0 aliphatic carbocycles. The smallest absolute Gasteiger partial charge is 0.362 e. The van der Waals surface area contributed by atoms with Crippen LogP contribution in [0.1, 0.15) is 11.6 Å². The quantitative estimate of drug-likeness (QED) is 0.593. The lowest BCUT2D eigenvalue weighted by molar-refractivity contribution is -0.147. The highest BCUT2D eigenvalue weighted by atomic mass is 19.4. The Morgan fingerprint density at radius 1 is 1.15 bits per heavy atom. The molecule has 0 atom stereocenters. The van der Waals surface area contributed by atoms with Crippen LogP contribution in [0.4, 0.5) is 23.2 Å². The van der Waals surface area contributed by atoms with Crippen molar-refractivity contribution < 1.29 is 17.6 Å². The molecule has 0 radical (unpaired) electrons. The van der Waals surface area contributed by atoms with Gasteiger partial charge in [-0.2, -0.15) is 17.6 Å². The van der Waals surface area contributed by atoms with Gasteiger partial charge in [0.05, 0.1) is 6.54 Å². The van der Waals surface area contributed by atoms with E-state index in [2.05, 4.69) is 15.2 Å². The number of pyridine rings is 1. The number of anilines is 1. The second-order valence-corrected chi connectivity index (χ2v) is 4.35. The molecule has 9 heteroatoms. The Morgan fingerprint density at radius 3 is 2.65 bits per heavy atom. The van der Waals surface area contributed by atoms with E-state index >= 15 is 0 Å². The minimum absolute atomic E-state index is 0.0983. The molecule has 20 heavy (non-hydrogen) atoms. The average molecular weight is 287 g/mol. The Hall–Kier alpha value is -2.19. The molecule has 3 rings (SSSR count). The number of rotatable bonds is 1. The van der Waals surface area contributed by atoms with E-state index in [-0.39, 0.29) is 18.9 Å². The average Bonchev–Trinajstić information content (AvgIpc) is 2.81. The first-order chi connectivity index (χ1) is 9.45. The Bertz CT molecular complexity index is 636. The van der Waals surface area contributed by atoms with Gasteiger partial charge in [-0.1, -0.05) is 0 Å². The van der Waals surface area contributed by atoms with Crippen LogP contribution < -0.4 is 4.90 Å². The monoisotopic (exact) mass is 287 g/mol. The molecule has 0 saturated heterocycles. The van der Waals surface area contributed by atoms with Gasteiger partial charge in [0.1, 0.15) is 0 Å². The number of alkyl halides is 3. The Kier molecular flexibility index (Phi) is 2.84. The van der Waals surface area contributed by atoms with E-state index in [1.807, 2.05) is 0 Å². The van der Waals surface area contributed by atoms with Gasteiger partial charge in [0.25, 0.3) is 0 Å². The van der Waals surface area contributed by atoms with Gasteiger partial charge < -0.3 is 9.47 Å². The maximum atomic E-state index is 13.1. The standard InChI is InChI=1S/C11H9F4N5/c12-8-5-7(1-2-16-8)19-3-4-20-9(6-19)17-18-10(20)11(13,14)15/h1-2,5H,3-4,6H2. The van der Waals surface area contributed by atoms with Crippen molar-refractivity contribution in [1.29, 1.82) is 0 Å². The summed E-state index contributed by atoms with van der Waals surface area (Å²) in [5, 5.41) is 6.75. The Labute approximate surface area is 110 Å². The molecule has 2 aromatic rings. The van der Waals surface area contributed by atoms with Crippen LogP contribution in [0.3, 0.4) is 0 Å². The number of hydrogen-bond donors (Lipinski definition) is 0. The van der Waals surface area contributed by atoms with Crippen LogP contribution in [0, 0.1) is 5.95 Å². The molecule has 0 aromatic carbocycles. The minimum atomic E-state index is -4.52. The van der Waals surface area contributed by atoms with Crippen molar-refractivity contribution >= 4 is 5.69 Å². The molecule has 0 bridgehead atoms. The number of fused-ring (bicyclic) bond motifs is 1. The van der Waals surface area contributed by atoms with Crippen LogP contribution in [0.25, 0.3) is 0 Å². The summed E-state index contributed by atoms with van der Waals surface area (Å²) in [7, 11) is 0. The summed E-state index contributed by atoms with van der Waals surface area (Å²) in [4.78, 5) is 5.17. The van der Waals surface area contributed by atoms with E-state index in [4.69, 9.17) is 0 Å². The molecule has 0 fully saturated rings. The van der Waals surface area contributed by atoms with Gasteiger partial charge in [-0.15, -0.1) is 10.2 Å². The van der Waals surface area contributed by atoms with Crippen molar-refractivity contribution in [3.05, 3.63) is 35.9 Å². The summed E-state index contributed by atoms with van der Waals surface area (Å²) in [6.45, 7) is 0.561. The van der Waals surface area contributed by atoms with Gasteiger partial charge in [0.15, 0.2) is 5.82 Å². The molecule has 5 nitrogen and oxygen atoms in total. The lowest BCUT2D eigenvalue weighted by Gasteiger charge is -2.29. The Balaban J connectivity index is 1.88. The SMILES string of the molecule is Fc1cc(N2CCn3c(nnc3C(F)(F)F)C2)ccn1. The third-order valence-corrected chi connectivity index (χ3v) is 3.08. The fourth-order valence-corrected chi connectivity index (χ4v) is 2.18. The van der Waals surface area contributed by atoms with E-state index in [1.54, 1.807) is 11.0 Å². The largest absolute Gasteiger partial charge is 0.451 e. The molecule has 0 spiro atoms. The van der Waals surface area contributed by atoms with E-state index in [1.165, 1.54) is 12.3 Å². The molecule has 1 aliphatic heterocycles. The zero-order valence-corrected chi connectivity index (χ0v) is 10.1. The van der Waals surface area contributed by atoms with Crippen molar-refractivity contribution in [1.82, 2.24) is 19.7 Å². The molecule has 0 saturated carbocycles. The molecule has 1 aliphatic rings. The summed E-state index contributed by atoms with van der Waals surface area (Å²) >= 11 is 0. The predicted octanol–water partition coefficient (Wildman–Crippen LogP) is 1.85. The summed E-state index contributed by atoms with van der Waals surface area (Å²) in [6, 6.07) is 2.83. The van der Waals surface area contributed by atoms with Gasteiger partial charge in [-0.05, 0) is 6.07 Å².